The van der Waals surface area contributed by atoms with Gasteiger partial charge in [0.15, 0.2) is 0 Å². The van der Waals surface area contributed by atoms with Crippen molar-refractivity contribution >= 4 is 55.0 Å². The van der Waals surface area contributed by atoms with Crippen molar-refractivity contribution in [3.05, 3.63) is 54.6 Å². The zero-order valence-electron chi connectivity index (χ0n) is 13.6. The van der Waals surface area contributed by atoms with Crippen LogP contribution in [0.1, 0.15) is 44.9 Å². The summed E-state index contributed by atoms with van der Waals surface area (Å²) in [7, 11) is 0. The lowest BCUT2D eigenvalue weighted by Gasteiger charge is -2.26. The number of carbonyl (C=O) groups is 2. The Balaban J connectivity index is 1.57. The van der Waals surface area contributed by atoms with Gasteiger partial charge in [-0.1, -0.05) is 12.1 Å². The maximum atomic E-state index is 12.4. The number of benzene rings is 1. The van der Waals surface area contributed by atoms with Crippen LogP contribution in [-0.4, -0.2) is 29.8 Å². The molecule has 0 aliphatic carbocycles. The Bertz CT molecular complexity index is 748. The second-order valence-electron chi connectivity index (χ2n) is 5.96. The highest BCUT2D eigenvalue weighted by atomic mass is 79.9. The second kappa shape index (κ2) is 8.47. The number of hydrogen-bond donors (Lipinski definition) is 1. The van der Waals surface area contributed by atoms with Gasteiger partial charge in [0.05, 0.1) is 8.66 Å². The summed E-state index contributed by atoms with van der Waals surface area (Å²) in [5, 5.41) is 2.90. The molecule has 1 fully saturated rings. The summed E-state index contributed by atoms with van der Waals surface area (Å²) >= 11 is 8.16. The molecule has 1 aromatic heterocycles. The molecular weight excluding hydrogens is 468 g/mol. The molecule has 0 unspecified atom stereocenters. The van der Waals surface area contributed by atoms with E-state index >= 15 is 0 Å². The van der Waals surface area contributed by atoms with Crippen molar-refractivity contribution in [1.82, 2.24) is 10.2 Å². The SMILES string of the molecule is O=C(NCc1ccc(C(=O)N2CCCCC2)cc1)c1cc(Br)c(Br)s1. The third-order valence-corrected chi connectivity index (χ3v) is 7.42. The minimum absolute atomic E-state index is 0.101. The van der Waals surface area contributed by atoms with Crippen molar-refractivity contribution in [1.29, 1.82) is 0 Å². The standard InChI is InChI=1S/C18H18Br2N2O2S/c19-14-10-15(25-16(14)20)17(23)21-11-12-4-6-13(7-5-12)18(24)22-8-2-1-3-9-22/h4-7,10H,1-3,8-9,11H2,(H,21,23). The molecule has 25 heavy (non-hydrogen) atoms. The lowest BCUT2D eigenvalue weighted by atomic mass is 10.1. The number of hydrogen-bond acceptors (Lipinski definition) is 3. The van der Waals surface area contributed by atoms with Crippen LogP contribution in [0.2, 0.25) is 0 Å². The molecule has 1 aliphatic heterocycles. The minimum Gasteiger partial charge on any atom is -0.347 e. The first-order chi connectivity index (χ1) is 12.0. The number of carbonyl (C=O) groups excluding carboxylic acids is 2. The first-order valence-corrected chi connectivity index (χ1v) is 10.6. The molecule has 0 radical (unpaired) electrons. The molecule has 1 saturated heterocycles. The highest BCUT2D eigenvalue weighted by Gasteiger charge is 2.18. The maximum Gasteiger partial charge on any atom is 0.261 e. The van der Waals surface area contributed by atoms with E-state index in [4.69, 9.17) is 0 Å². The van der Waals surface area contributed by atoms with Gasteiger partial charge in [0, 0.05) is 29.7 Å². The Kier molecular flexibility index (Phi) is 6.30. The van der Waals surface area contributed by atoms with Crippen LogP contribution in [0.5, 0.6) is 0 Å². The Hall–Kier alpha value is -1.18. The van der Waals surface area contributed by atoms with Crippen LogP contribution in [0.3, 0.4) is 0 Å². The van der Waals surface area contributed by atoms with Crippen LogP contribution in [0.4, 0.5) is 0 Å². The molecule has 4 nitrogen and oxygen atoms in total. The van der Waals surface area contributed by atoms with Crippen molar-refractivity contribution in [2.75, 3.05) is 13.1 Å². The van der Waals surface area contributed by atoms with E-state index in [0.29, 0.717) is 17.0 Å². The predicted molar refractivity (Wildman–Crippen MR) is 107 cm³/mol. The van der Waals surface area contributed by atoms with Gasteiger partial charge < -0.3 is 10.2 Å². The number of halogens is 2. The van der Waals surface area contributed by atoms with Crippen molar-refractivity contribution in [2.24, 2.45) is 0 Å². The summed E-state index contributed by atoms with van der Waals surface area (Å²) in [6, 6.07) is 9.29. The van der Waals surface area contributed by atoms with Crippen LogP contribution < -0.4 is 5.32 Å². The third kappa shape index (κ3) is 4.71. The van der Waals surface area contributed by atoms with Crippen LogP contribution in [0.15, 0.2) is 38.6 Å². The first kappa shape index (κ1) is 18.6. The van der Waals surface area contributed by atoms with Gasteiger partial charge in [0.2, 0.25) is 0 Å². The maximum absolute atomic E-state index is 12.4. The van der Waals surface area contributed by atoms with Crippen LogP contribution >= 0.6 is 43.2 Å². The van der Waals surface area contributed by atoms with E-state index in [1.807, 2.05) is 29.2 Å². The van der Waals surface area contributed by atoms with Crippen molar-refractivity contribution in [3.8, 4) is 0 Å². The molecule has 132 valence electrons. The molecule has 2 amide bonds. The van der Waals surface area contributed by atoms with Crippen molar-refractivity contribution < 1.29 is 9.59 Å². The average Bonchev–Trinajstić information content (AvgIpc) is 2.99. The fourth-order valence-corrected chi connectivity index (χ4v) is 4.72. The van der Waals surface area contributed by atoms with Gasteiger partial charge in [0.1, 0.15) is 0 Å². The molecule has 7 heteroatoms. The number of likely N-dealkylation sites (tertiary alicyclic amines) is 1. The lowest BCUT2D eigenvalue weighted by Crippen LogP contribution is -2.35. The quantitative estimate of drug-likeness (QED) is 0.674. The number of amides is 2. The molecular formula is C18H18Br2N2O2S. The first-order valence-electron chi connectivity index (χ1n) is 8.16. The third-order valence-electron chi connectivity index (χ3n) is 4.17. The highest BCUT2D eigenvalue weighted by molar-refractivity contribution is 9.13. The van der Waals surface area contributed by atoms with Gasteiger partial charge in [0.25, 0.3) is 11.8 Å². The fraction of sp³-hybridized carbons (Fsp3) is 0.333. The summed E-state index contributed by atoms with van der Waals surface area (Å²) in [4.78, 5) is 27.2. The van der Waals surface area contributed by atoms with Crippen LogP contribution in [0.25, 0.3) is 0 Å². The van der Waals surface area contributed by atoms with Gasteiger partial charge in [-0.2, -0.15) is 0 Å². The molecule has 1 aliphatic rings. The molecule has 0 saturated carbocycles. The molecule has 1 N–H and O–H groups in total. The van der Waals surface area contributed by atoms with Gasteiger partial charge in [-0.3, -0.25) is 9.59 Å². The Morgan fingerprint density at radius 3 is 2.36 bits per heavy atom. The molecule has 2 heterocycles. The normalized spacial score (nSPS) is 14.4. The van der Waals surface area contributed by atoms with Gasteiger partial charge in [-0.15, -0.1) is 11.3 Å². The van der Waals surface area contributed by atoms with Gasteiger partial charge in [-0.25, -0.2) is 0 Å². The molecule has 1 aromatic carbocycles. The summed E-state index contributed by atoms with van der Waals surface area (Å²) in [6.07, 6.45) is 3.38. The van der Waals surface area contributed by atoms with E-state index in [1.165, 1.54) is 17.8 Å². The topological polar surface area (TPSA) is 49.4 Å². The average molecular weight is 486 g/mol. The molecule has 3 rings (SSSR count). The van der Waals surface area contributed by atoms with E-state index in [-0.39, 0.29) is 11.8 Å². The van der Waals surface area contributed by atoms with Gasteiger partial charge >= 0.3 is 0 Å². The lowest BCUT2D eigenvalue weighted by molar-refractivity contribution is 0.0724. The number of rotatable bonds is 4. The molecule has 0 atom stereocenters. The van der Waals surface area contributed by atoms with E-state index in [1.54, 1.807) is 6.07 Å². The van der Waals surface area contributed by atoms with Crippen LogP contribution in [0, 0.1) is 0 Å². The second-order valence-corrected chi connectivity index (χ2v) is 9.19. The summed E-state index contributed by atoms with van der Waals surface area (Å²) in [5.74, 6) is -0.00607. The number of piperidine rings is 1. The van der Waals surface area contributed by atoms with Gasteiger partial charge in [-0.05, 0) is 74.9 Å². The fourth-order valence-electron chi connectivity index (χ4n) is 2.77. The molecule has 2 aromatic rings. The van der Waals surface area contributed by atoms with E-state index < -0.39 is 0 Å². The van der Waals surface area contributed by atoms with E-state index in [2.05, 4.69) is 37.2 Å². The summed E-state index contributed by atoms with van der Waals surface area (Å²) in [6.45, 7) is 2.13. The highest BCUT2D eigenvalue weighted by Crippen LogP contribution is 2.32. The summed E-state index contributed by atoms with van der Waals surface area (Å²) in [5.41, 5.74) is 1.68. The Morgan fingerprint density at radius 1 is 1.08 bits per heavy atom. The van der Waals surface area contributed by atoms with E-state index in [0.717, 1.165) is 39.8 Å². The van der Waals surface area contributed by atoms with E-state index in [9.17, 15) is 9.59 Å². The predicted octanol–water partition coefficient (Wildman–Crippen LogP) is 4.83. The smallest absolute Gasteiger partial charge is 0.261 e. The number of thiophene rings is 1. The number of nitrogens with one attached hydrogen (secondary N) is 1. The summed E-state index contributed by atoms with van der Waals surface area (Å²) < 4.78 is 1.78. The monoisotopic (exact) mass is 484 g/mol. The van der Waals surface area contributed by atoms with Crippen molar-refractivity contribution in [2.45, 2.75) is 25.8 Å². The van der Waals surface area contributed by atoms with Crippen LogP contribution in [-0.2, 0) is 6.54 Å². The zero-order chi connectivity index (χ0) is 17.8. The molecule has 0 bridgehead atoms. The minimum atomic E-state index is -0.107. The Labute approximate surface area is 167 Å². The zero-order valence-corrected chi connectivity index (χ0v) is 17.5. The number of nitrogens with zero attached hydrogens (tertiary/aromatic N) is 1. The molecule has 0 spiro atoms. The Morgan fingerprint density at radius 2 is 1.76 bits per heavy atom. The largest absolute Gasteiger partial charge is 0.347 e. The van der Waals surface area contributed by atoms with Crippen molar-refractivity contribution in [3.63, 3.8) is 0 Å².